The second-order valence-electron chi connectivity index (χ2n) is 4.09. The van der Waals surface area contributed by atoms with Crippen LogP contribution in [0, 0.1) is 0 Å². The maximum Gasteiger partial charge on any atom is 0.146 e. The molecule has 3 aromatic rings. The van der Waals surface area contributed by atoms with E-state index in [4.69, 9.17) is 16.3 Å². The van der Waals surface area contributed by atoms with E-state index in [1.807, 2.05) is 30.3 Å². The lowest BCUT2D eigenvalue weighted by Crippen LogP contribution is -1.97. The summed E-state index contributed by atoms with van der Waals surface area (Å²) in [5.74, 6) is 1.56. The second kappa shape index (κ2) is 5.23. The normalized spacial score (nSPS) is 10.8. The summed E-state index contributed by atoms with van der Waals surface area (Å²) in [5, 5.41) is 0.695. The van der Waals surface area contributed by atoms with E-state index >= 15 is 0 Å². The maximum atomic E-state index is 5.82. The predicted octanol–water partition coefficient (Wildman–Crippen LogP) is 4.56. The third-order valence-electron chi connectivity index (χ3n) is 2.68. The molecule has 96 valence electrons. The highest BCUT2D eigenvalue weighted by molar-refractivity contribution is 9.10. The van der Waals surface area contributed by atoms with Gasteiger partial charge in [0.05, 0.1) is 11.0 Å². The fraction of sp³-hybridized carbons (Fsp3) is 0.0714. The number of halogens is 2. The molecule has 5 heteroatoms. The Hall–Kier alpha value is -1.52. The summed E-state index contributed by atoms with van der Waals surface area (Å²) in [6.45, 7) is 0.397. The lowest BCUT2D eigenvalue weighted by atomic mass is 10.3. The monoisotopic (exact) mass is 336 g/mol. The first kappa shape index (κ1) is 12.5. The Morgan fingerprint density at radius 2 is 1.95 bits per heavy atom. The average molecular weight is 338 g/mol. The zero-order valence-corrected chi connectivity index (χ0v) is 12.2. The second-order valence-corrected chi connectivity index (χ2v) is 5.44. The van der Waals surface area contributed by atoms with Crippen molar-refractivity contribution in [3.63, 3.8) is 0 Å². The van der Waals surface area contributed by atoms with Crippen molar-refractivity contribution < 1.29 is 4.74 Å². The molecule has 0 saturated heterocycles. The van der Waals surface area contributed by atoms with Gasteiger partial charge in [-0.2, -0.15) is 0 Å². The van der Waals surface area contributed by atoms with Gasteiger partial charge in [-0.05, 0) is 42.5 Å². The third kappa shape index (κ3) is 2.91. The minimum atomic E-state index is 0.397. The molecule has 0 amide bonds. The van der Waals surface area contributed by atoms with Gasteiger partial charge in [0.25, 0.3) is 0 Å². The summed E-state index contributed by atoms with van der Waals surface area (Å²) < 4.78 is 6.66. The topological polar surface area (TPSA) is 37.9 Å². The van der Waals surface area contributed by atoms with Gasteiger partial charge in [-0.3, -0.25) is 0 Å². The van der Waals surface area contributed by atoms with E-state index in [1.54, 1.807) is 12.1 Å². The van der Waals surface area contributed by atoms with Gasteiger partial charge in [-0.25, -0.2) is 4.98 Å². The zero-order chi connectivity index (χ0) is 13.2. The number of H-pyrrole nitrogens is 1. The lowest BCUT2D eigenvalue weighted by molar-refractivity contribution is 0.297. The number of benzene rings is 2. The molecule has 0 atom stereocenters. The van der Waals surface area contributed by atoms with Crippen molar-refractivity contribution in [1.29, 1.82) is 0 Å². The number of aromatic nitrogens is 2. The highest BCUT2D eigenvalue weighted by Crippen LogP contribution is 2.19. The SMILES string of the molecule is Clc1ccc(OCc2nc3ccc(Br)cc3[nH]2)cc1. The summed E-state index contributed by atoms with van der Waals surface area (Å²) in [6.07, 6.45) is 0. The van der Waals surface area contributed by atoms with Crippen LogP contribution in [0.15, 0.2) is 46.9 Å². The largest absolute Gasteiger partial charge is 0.486 e. The van der Waals surface area contributed by atoms with Crippen molar-refractivity contribution in [1.82, 2.24) is 9.97 Å². The first-order chi connectivity index (χ1) is 9.20. The molecule has 0 aliphatic carbocycles. The van der Waals surface area contributed by atoms with E-state index in [0.717, 1.165) is 27.1 Å². The maximum absolute atomic E-state index is 5.82. The van der Waals surface area contributed by atoms with Crippen molar-refractivity contribution in [2.24, 2.45) is 0 Å². The minimum absolute atomic E-state index is 0.397. The first-order valence-corrected chi connectivity index (χ1v) is 6.90. The van der Waals surface area contributed by atoms with Crippen LogP contribution < -0.4 is 4.74 Å². The number of hydrogen-bond acceptors (Lipinski definition) is 2. The van der Waals surface area contributed by atoms with Crippen molar-refractivity contribution in [3.8, 4) is 5.75 Å². The van der Waals surface area contributed by atoms with Crippen LogP contribution in [-0.2, 0) is 6.61 Å². The number of nitrogens with one attached hydrogen (secondary N) is 1. The van der Waals surface area contributed by atoms with E-state index in [2.05, 4.69) is 25.9 Å². The lowest BCUT2D eigenvalue weighted by Gasteiger charge is -2.03. The number of nitrogens with zero attached hydrogens (tertiary/aromatic N) is 1. The van der Waals surface area contributed by atoms with Crippen molar-refractivity contribution in [3.05, 3.63) is 57.8 Å². The molecule has 1 N–H and O–H groups in total. The highest BCUT2D eigenvalue weighted by atomic mass is 79.9. The van der Waals surface area contributed by atoms with E-state index in [9.17, 15) is 0 Å². The zero-order valence-electron chi connectivity index (χ0n) is 9.86. The number of imidazole rings is 1. The molecule has 3 rings (SSSR count). The molecule has 0 fully saturated rings. The van der Waals surface area contributed by atoms with Crippen LogP contribution in [0.1, 0.15) is 5.82 Å². The fourth-order valence-corrected chi connectivity index (χ4v) is 2.27. The van der Waals surface area contributed by atoms with Crippen molar-refractivity contribution in [2.45, 2.75) is 6.61 Å². The molecular weight excluding hydrogens is 328 g/mol. The summed E-state index contributed by atoms with van der Waals surface area (Å²) in [7, 11) is 0. The molecule has 0 saturated carbocycles. The Morgan fingerprint density at radius 3 is 2.74 bits per heavy atom. The Bertz CT molecular complexity index is 709. The Morgan fingerprint density at radius 1 is 1.16 bits per heavy atom. The van der Waals surface area contributed by atoms with E-state index < -0.39 is 0 Å². The Kier molecular flexibility index (Phi) is 3.44. The van der Waals surface area contributed by atoms with E-state index in [-0.39, 0.29) is 0 Å². The highest BCUT2D eigenvalue weighted by Gasteiger charge is 2.04. The van der Waals surface area contributed by atoms with Crippen molar-refractivity contribution >= 4 is 38.6 Å². The molecule has 1 heterocycles. The third-order valence-corrected chi connectivity index (χ3v) is 3.43. The van der Waals surface area contributed by atoms with Crippen LogP contribution in [0.5, 0.6) is 5.75 Å². The molecule has 3 nitrogen and oxygen atoms in total. The van der Waals surface area contributed by atoms with Crippen LogP contribution in [0.25, 0.3) is 11.0 Å². The van der Waals surface area contributed by atoms with Gasteiger partial charge in [0.15, 0.2) is 0 Å². The molecule has 2 aromatic carbocycles. The predicted molar refractivity (Wildman–Crippen MR) is 79.6 cm³/mol. The number of rotatable bonds is 3. The smallest absolute Gasteiger partial charge is 0.146 e. The molecular formula is C14H10BrClN2O. The minimum Gasteiger partial charge on any atom is -0.486 e. The van der Waals surface area contributed by atoms with Crippen LogP contribution >= 0.6 is 27.5 Å². The summed E-state index contributed by atoms with van der Waals surface area (Å²) in [4.78, 5) is 7.68. The summed E-state index contributed by atoms with van der Waals surface area (Å²) in [5.41, 5.74) is 1.92. The first-order valence-electron chi connectivity index (χ1n) is 5.73. The number of hydrogen-bond donors (Lipinski definition) is 1. The molecule has 0 radical (unpaired) electrons. The molecule has 19 heavy (non-hydrogen) atoms. The van der Waals surface area contributed by atoms with Crippen LogP contribution in [-0.4, -0.2) is 9.97 Å². The van der Waals surface area contributed by atoms with Gasteiger partial charge >= 0.3 is 0 Å². The van der Waals surface area contributed by atoms with E-state index in [1.165, 1.54) is 0 Å². The van der Waals surface area contributed by atoms with Crippen LogP contribution in [0.3, 0.4) is 0 Å². The summed E-state index contributed by atoms with van der Waals surface area (Å²) >= 11 is 9.25. The average Bonchev–Trinajstić information content (AvgIpc) is 2.80. The van der Waals surface area contributed by atoms with Crippen LogP contribution in [0.2, 0.25) is 5.02 Å². The molecule has 1 aromatic heterocycles. The molecule has 0 spiro atoms. The number of ether oxygens (including phenoxy) is 1. The van der Waals surface area contributed by atoms with Gasteiger partial charge in [-0.1, -0.05) is 27.5 Å². The number of aromatic amines is 1. The molecule has 0 unspecified atom stereocenters. The quantitative estimate of drug-likeness (QED) is 0.761. The Balaban J connectivity index is 1.76. The summed E-state index contributed by atoms with van der Waals surface area (Å²) in [6, 6.07) is 13.2. The standard InChI is InChI=1S/C14H10BrClN2O/c15-9-1-6-12-13(7-9)18-14(17-12)8-19-11-4-2-10(16)3-5-11/h1-7H,8H2,(H,17,18). The van der Waals surface area contributed by atoms with Gasteiger partial charge < -0.3 is 9.72 Å². The molecule has 0 bridgehead atoms. The van der Waals surface area contributed by atoms with Gasteiger partial charge in [0.2, 0.25) is 0 Å². The van der Waals surface area contributed by atoms with Gasteiger partial charge in [0, 0.05) is 9.50 Å². The fourth-order valence-electron chi connectivity index (χ4n) is 1.79. The van der Waals surface area contributed by atoms with Gasteiger partial charge in [0.1, 0.15) is 18.2 Å². The molecule has 0 aliphatic rings. The number of fused-ring (bicyclic) bond motifs is 1. The van der Waals surface area contributed by atoms with Crippen LogP contribution in [0.4, 0.5) is 0 Å². The van der Waals surface area contributed by atoms with Crippen molar-refractivity contribution in [2.75, 3.05) is 0 Å². The molecule has 0 aliphatic heterocycles. The van der Waals surface area contributed by atoms with E-state index in [0.29, 0.717) is 11.6 Å². The van der Waals surface area contributed by atoms with Gasteiger partial charge in [-0.15, -0.1) is 0 Å². The Labute approximate surface area is 123 Å².